The summed E-state index contributed by atoms with van der Waals surface area (Å²) in [4.78, 5) is 18.3. The molecule has 0 bridgehead atoms. The van der Waals surface area contributed by atoms with Gasteiger partial charge in [0.25, 0.3) is 0 Å². The summed E-state index contributed by atoms with van der Waals surface area (Å²) < 4.78 is 19.7. The number of hydrogen-bond donors (Lipinski definition) is 1. The molecular formula is C19H27BrFN3O2. The van der Waals surface area contributed by atoms with Crippen molar-refractivity contribution in [3.8, 4) is 0 Å². The third-order valence-corrected chi connectivity index (χ3v) is 5.04. The van der Waals surface area contributed by atoms with Crippen LogP contribution in [0.1, 0.15) is 31.7 Å². The van der Waals surface area contributed by atoms with Gasteiger partial charge in [-0.2, -0.15) is 0 Å². The number of halogens is 2. The summed E-state index contributed by atoms with van der Waals surface area (Å²) in [7, 11) is 1.76. The Morgan fingerprint density at radius 1 is 1.42 bits per heavy atom. The lowest BCUT2D eigenvalue weighted by molar-refractivity contribution is -0.149. The highest BCUT2D eigenvalue weighted by Crippen LogP contribution is 2.19. The van der Waals surface area contributed by atoms with Gasteiger partial charge in [-0.3, -0.25) is 9.79 Å². The van der Waals surface area contributed by atoms with Gasteiger partial charge < -0.3 is 15.0 Å². The molecule has 0 atom stereocenters. The average Bonchev–Trinajstić information content (AvgIpc) is 2.64. The van der Waals surface area contributed by atoms with Crippen molar-refractivity contribution in [2.45, 2.75) is 32.6 Å². The van der Waals surface area contributed by atoms with Crippen LogP contribution in [0.3, 0.4) is 0 Å². The van der Waals surface area contributed by atoms with E-state index in [0.29, 0.717) is 13.0 Å². The Labute approximate surface area is 163 Å². The second-order valence-corrected chi connectivity index (χ2v) is 7.24. The molecule has 7 heteroatoms. The molecule has 0 spiro atoms. The standard InChI is InChI=1S/C19H27BrFN3O2/c1-3-26-18(25)15-8-11-24(12-9-15)19(22-2)23-10-4-5-14-6-7-16(20)13-17(14)21/h6-7,13,15H,3-5,8-12H2,1-2H3,(H,22,23). The van der Waals surface area contributed by atoms with E-state index in [1.807, 2.05) is 19.1 Å². The number of nitrogens with zero attached hydrogens (tertiary/aromatic N) is 2. The number of hydrogen-bond acceptors (Lipinski definition) is 3. The van der Waals surface area contributed by atoms with Crippen LogP contribution < -0.4 is 5.32 Å². The van der Waals surface area contributed by atoms with Gasteiger partial charge in [0.1, 0.15) is 5.82 Å². The van der Waals surface area contributed by atoms with Gasteiger partial charge in [0.15, 0.2) is 5.96 Å². The molecule has 0 amide bonds. The minimum atomic E-state index is -0.176. The van der Waals surface area contributed by atoms with E-state index < -0.39 is 0 Å². The lowest BCUT2D eigenvalue weighted by atomic mass is 9.97. The molecule has 0 unspecified atom stereocenters. The molecule has 1 heterocycles. The molecule has 1 aliphatic rings. The third kappa shape index (κ3) is 5.97. The number of rotatable bonds is 6. The number of carbonyl (C=O) groups is 1. The van der Waals surface area contributed by atoms with Crippen LogP contribution in [0.15, 0.2) is 27.7 Å². The lowest BCUT2D eigenvalue weighted by Gasteiger charge is -2.33. The van der Waals surface area contributed by atoms with E-state index in [-0.39, 0.29) is 17.7 Å². The molecule has 1 aliphatic heterocycles. The van der Waals surface area contributed by atoms with Crippen LogP contribution in [0.4, 0.5) is 4.39 Å². The van der Waals surface area contributed by atoms with Gasteiger partial charge in [0, 0.05) is 31.2 Å². The molecule has 2 rings (SSSR count). The number of aliphatic imine (C=N–C) groups is 1. The van der Waals surface area contributed by atoms with Crippen molar-refractivity contribution in [1.82, 2.24) is 10.2 Å². The first kappa shape index (κ1) is 20.7. The molecule has 0 aromatic heterocycles. The van der Waals surface area contributed by atoms with Crippen molar-refractivity contribution in [2.24, 2.45) is 10.9 Å². The van der Waals surface area contributed by atoms with Crippen LogP contribution in [-0.2, 0) is 16.0 Å². The molecule has 0 radical (unpaired) electrons. The van der Waals surface area contributed by atoms with Crippen LogP contribution in [-0.4, -0.2) is 50.1 Å². The summed E-state index contributed by atoms with van der Waals surface area (Å²) in [5, 5.41) is 3.34. The molecule has 1 aromatic carbocycles. The minimum Gasteiger partial charge on any atom is -0.466 e. The topological polar surface area (TPSA) is 53.9 Å². The summed E-state index contributed by atoms with van der Waals surface area (Å²) in [6.07, 6.45) is 3.05. The number of aryl methyl sites for hydroxylation is 1. The molecule has 5 nitrogen and oxygen atoms in total. The van der Waals surface area contributed by atoms with Crippen molar-refractivity contribution in [3.05, 3.63) is 34.1 Å². The summed E-state index contributed by atoms with van der Waals surface area (Å²) in [6, 6.07) is 5.17. The highest BCUT2D eigenvalue weighted by Gasteiger charge is 2.27. The van der Waals surface area contributed by atoms with Gasteiger partial charge in [-0.1, -0.05) is 22.0 Å². The van der Waals surface area contributed by atoms with Gasteiger partial charge in [-0.05, 0) is 50.3 Å². The van der Waals surface area contributed by atoms with E-state index in [2.05, 4.69) is 31.1 Å². The lowest BCUT2D eigenvalue weighted by Crippen LogP contribution is -2.47. The normalized spacial score (nSPS) is 15.8. The van der Waals surface area contributed by atoms with Crippen LogP contribution in [0.5, 0.6) is 0 Å². The molecule has 0 saturated carbocycles. The number of likely N-dealkylation sites (tertiary alicyclic amines) is 1. The van der Waals surface area contributed by atoms with E-state index in [4.69, 9.17) is 4.74 Å². The molecule has 1 N–H and O–H groups in total. The Hall–Kier alpha value is -1.63. The van der Waals surface area contributed by atoms with Gasteiger partial charge in [0.05, 0.1) is 12.5 Å². The van der Waals surface area contributed by atoms with Crippen molar-refractivity contribution in [1.29, 1.82) is 0 Å². The fraction of sp³-hybridized carbons (Fsp3) is 0.579. The second-order valence-electron chi connectivity index (χ2n) is 6.33. The largest absolute Gasteiger partial charge is 0.466 e. The fourth-order valence-corrected chi connectivity index (χ4v) is 3.46. The third-order valence-electron chi connectivity index (χ3n) is 4.55. The first-order chi connectivity index (χ1) is 12.5. The number of esters is 1. The van der Waals surface area contributed by atoms with Crippen LogP contribution in [0.25, 0.3) is 0 Å². The van der Waals surface area contributed by atoms with E-state index >= 15 is 0 Å². The molecule has 26 heavy (non-hydrogen) atoms. The van der Waals surface area contributed by atoms with E-state index in [1.54, 1.807) is 7.05 Å². The maximum Gasteiger partial charge on any atom is 0.309 e. The van der Waals surface area contributed by atoms with E-state index in [0.717, 1.165) is 54.9 Å². The molecule has 144 valence electrons. The van der Waals surface area contributed by atoms with E-state index in [1.165, 1.54) is 6.07 Å². The number of ether oxygens (including phenoxy) is 1. The zero-order chi connectivity index (χ0) is 18.9. The monoisotopic (exact) mass is 427 g/mol. The first-order valence-electron chi connectivity index (χ1n) is 9.11. The quantitative estimate of drug-likeness (QED) is 0.327. The SMILES string of the molecule is CCOC(=O)C1CCN(C(=NC)NCCCc2ccc(Br)cc2F)CC1. The molecular weight excluding hydrogens is 401 g/mol. The summed E-state index contributed by atoms with van der Waals surface area (Å²) >= 11 is 3.27. The smallest absolute Gasteiger partial charge is 0.309 e. The maximum absolute atomic E-state index is 13.8. The average molecular weight is 428 g/mol. The first-order valence-corrected chi connectivity index (χ1v) is 9.90. The molecule has 1 saturated heterocycles. The highest BCUT2D eigenvalue weighted by atomic mass is 79.9. The Kier molecular flexibility index (Phi) is 8.35. The second kappa shape index (κ2) is 10.5. The van der Waals surface area contributed by atoms with Gasteiger partial charge in [-0.15, -0.1) is 0 Å². The fourth-order valence-electron chi connectivity index (χ4n) is 3.12. The van der Waals surface area contributed by atoms with Crippen molar-refractivity contribution in [2.75, 3.05) is 33.3 Å². The van der Waals surface area contributed by atoms with Crippen LogP contribution in [0, 0.1) is 11.7 Å². The number of carbonyl (C=O) groups excluding carboxylic acids is 1. The van der Waals surface area contributed by atoms with Crippen molar-refractivity contribution in [3.63, 3.8) is 0 Å². The Balaban J connectivity index is 1.74. The molecule has 1 aromatic rings. The Bertz CT molecular complexity index is 631. The number of benzene rings is 1. The predicted octanol–water partition coefficient (Wildman–Crippen LogP) is 3.37. The Morgan fingerprint density at radius 2 is 2.15 bits per heavy atom. The van der Waals surface area contributed by atoms with Crippen LogP contribution >= 0.6 is 15.9 Å². The summed E-state index contributed by atoms with van der Waals surface area (Å²) in [5.74, 6) is 0.560. The summed E-state index contributed by atoms with van der Waals surface area (Å²) in [5.41, 5.74) is 0.722. The van der Waals surface area contributed by atoms with Crippen LogP contribution in [0.2, 0.25) is 0 Å². The number of piperidine rings is 1. The van der Waals surface area contributed by atoms with E-state index in [9.17, 15) is 9.18 Å². The van der Waals surface area contributed by atoms with Gasteiger partial charge in [0.2, 0.25) is 0 Å². The van der Waals surface area contributed by atoms with Crippen molar-refractivity contribution < 1.29 is 13.9 Å². The minimum absolute atomic E-state index is 0.00955. The number of guanidine groups is 1. The zero-order valence-corrected chi connectivity index (χ0v) is 17.0. The highest BCUT2D eigenvalue weighted by molar-refractivity contribution is 9.10. The van der Waals surface area contributed by atoms with Crippen molar-refractivity contribution >= 4 is 27.9 Å². The van der Waals surface area contributed by atoms with Gasteiger partial charge in [-0.25, -0.2) is 4.39 Å². The Morgan fingerprint density at radius 3 is 2.77 bits per heavy atom. The van der Waals surface area contributed by atoms with Gasteiger partial charge >= 0.3 is 5.97 Å². The number of nitrogens with one attached hydrogen (secondary N) is 1. The summed E-state index contributed by atoms with van der Waals surface area (Å²) in [6.45, 7) is 4.55. The molecule has 1 fully saturated rings. The maximum atomic E-state index is 13.8. The predicted molar refractivity (Wildman–Crippen MR) is 105 cm³/mol. The zero-order valence-electron chi connectivity index (χ0n) is 15.4. The molecule has 0 aliphatic carbocycles.